The van der Waals surface area contributed by atoms with Crippen LogP contribution in [0.1, 0.15) is 17.2 Å². The lowest BCUT2D eigenvalue weighted by atomic mass is 10.1. The van der Waals surface area contributed by atoms with Crippen molar-refractivity contribution in [1.29, 1.82) is 0 Å². The molecule has 0 bridgehead atoms. The molecule has 0 spiro atoms. The summed E-state index contributed by atoms with van der Waals surface area (Å²) in [6, 6.07) is 6.59. The zero-order valence-electron chi connectivity index (χ0n) is 10.8. The molecule has 0 aromatic heterocycles. The molecule has 0 saturated heterocycles. The second-order valence-electron chi connectivity index (χ2n) is 4.60. The molecule has 5 heteroatoms. The number of aryl methyl sites for hydroxylation is 1. The minimum Gasteiger partial charge on any atom is -0.394 e. The van der Waals surface area contributed by atoms with Gasteiger partial charge in [-0.3, -0.25) is 0 Å². The van der Waals surface area contributed by atoms with E-state index in [-0.39, 0.29) is 12.2 Å². The van der Waals surface area contributed by atoms with Gasteiger partial charge in [0.05, 0.1) is 12.6 Å². The molecule has 2 aromatic rings. The Balaban J connectivity index is 2.28. The lowest BCUT2D eigenvalue weighted by Crippen LogP contribution is -2.15. The zero-order valence-corrected chi connectivity index (χ0v) is 10.8. The summed E-state index contributed by atoms with van der Waals surface area (Å²) >= 11 is 0. The van der Waals surface area contributed by atoms with Crippen LogP contribution in [0.15, 0.2) is 36.4 Å². The third-order valence-corrected chi connectivity index (χ3v) is 2.85. The minimum absolute atomic E-state index is 0.256. The van der Waals surface area contributed by atoms with Crippen LogP contribution >= 0.6 is 0 Å². The fourth-order valence-corrected chi connectivity index (χ4v) is 2.03. The molecule has 20 heavy (non-hydrogen) atoms. The van der Waals surface area contributed by atoms with Crippen molar-refractivity contribution in [3.63, 3.8) is 0 Å². The van der Waals surface area contributed by atoms with E-state index in [0.29, 0.717) is 11.3 Å². The van der Waals surface area contributed by atoms with Crippen LogP contribution in [0.2, 0.25) is 0 Å². The zero-order chi connectivity index (χ0) is 14.7. The van der Waals surface area contributed by atoms with Gasteiger partial charge in [-0.05, 0) is 48.4 Å². The molecule has 106 valence electrons. The van der Waals surface area contributed by atoms with E-state index < -0.39 is 23.5 Å². The SMILES string of the molecule is Cc1cc(F)cc(NC(CO)c2cc(F)cc(F)c2)c1. The van der Waals surface area contributed by atoms with Crippen molar-refractivity contribution < 1.29 is 18.3 Å². The second kappa shape index (κ2) is 5.96. The first kappa shape index (κ1) is 14.4. The van der Waals surface area contributed by atoms with Gasteiger partial charge in [0.15, 0.2) is 0 Å². The van der Waals surface area contributed by atoms with E-state index in [1.807, 2.05) is 0 Å². The van der Waals surface area contributed by atoms with Crippen LogP contribution in [0.4, 0.5) is 18.9 Å². The standard InChI is InChI=1S/C15H14F3NO/c1-9-2-11(16)7-14(3-9)19-15(8-20)10-4-12(17)6-13(18)5-10/h2-7,15,19-20H,8H2,1H3. The van der Waals surface area contributed by atoms with E-state index in [9.17, 15) is 18.3 Å². The third-order valence-electron chi connectivity index (χ3n) is 2.85. The molecular weight excluding hydrogens is 267 g/mol. The average Bonchev–Trinajstić information content (AvgIpc) is 2.33. The van der Waals surface area contributed by atoms with E-state index >= 15 is 0 Å². The van der Waals surface area contributed by atoms with Crippen LogP contribution < -0.4 is 5.32 Å². The number of aliphatic hydroxyl groups is 1. The largest absolute Gasteiger partial charge is 0.394 e. The molecule has 0 radical (unpaired) electrons. The highest BCUT2D eigenvalue weighted by Crippen LogP contribution is 2.22. The van der Waals surface area contributed by atoms with Crippen molar-refractivity contribution in [1.82, 2.24) is 0 Å². The molecule has 2 N–H and O–H groups in total. The molecule has 0 fully saturated rings. The summed E-state index contributed by atoms with van der Waals surface area (Å²) in [7, 11) is 0. The predicted octanol–water partition coefficient (Wildman–Crippen LogP) is 3.56. The molecule has 1 unspecified atom stereocenters. The fraction of sp³-hybridized carbons (Fsp3) is 0.200. The van der Waals surface area contributed by atoms with E-state index in [1.54, 1.807) is 13.0 Å². The first-order valence-electron chi connectivity index (χ1n) is 6.08. The Labute approximate surface area is 114 Å². The van der Waals surface area contributed by atoms with Gasteiger partial charge < -0.3 is 10.4 Å². The van der Waals surface area contributed by atoms with Crippen LogP contribution in [-0.4, -0.2) is 11.7 Å². The van der Waals surface area contributed by atoms with Crippen LogP contribution in [0.25, 0.3) is 0 Å². The number of aliphatic hydroxyl groups excluding tert-OH is 1. The Morgan fingerprint density at radius 1 is 0.950 bits per heavy atom. The highest BCUT2D eigenvalue weighted by molar-refractivity contribution is 5.48. The van der Waals surface area contributed by atoms with Crippen LogP contribution in [0.3, 0.4) is 0 Å². The summed E-state index contributed by atoms with van der Waals surface area (Å²) in [4.78, 5) is 0. The van der Waals surface area contributed by atoms with E-state index in [1.165, 1.54) is 12.1 Å². The Kier molecular flexibility index (Phi) is 4.29. The monoisotopic (exact) mass is 281 g/mol. The van der Waals surface area contributed by atoms with Gasteiger partial charge in [0.2, 0.25) is 0 Å². The maximum Gasteiger partial charge on any atom is 0.126 e. The van der Waals surface area contributed by atoms with Crippen LogP contribution in [0.5, 0.6) is 0 Å². The number of anilines is 1. The van der Waals surface area contributed by atoms with Crippen molar-refractivity contribution in [2.24, 2.45) is 0 Å². The number of hydrogen-bond donors (Lipinski definition) is 2. The Hall–Kier alpha value is -2.01. The summed E-state index contributed by atoms with van der Waals surface area (Å²) in [6.45, 7) is 1.35. The van der Waals surface area contributed by atoms with Crippen LogP contribution in [-0.2, 0) is 0 Å². The maximum absolute atomic E-state index is 13.3. The Morgan fingerprint density at radius 2 is 1.55 bits per heavy atom. The summed E-state index contributed by atoms with van der Waals surface area (Å²) in [5.74, 6) is -1.87. The number of hydrogen-bond acceptors (Lipinski definition) is 2. The Bertz CT molecular complexity index is 576. The number of benzene rings is 2. The van der Waals surface area contributed by atoms with Crippen molar-refractivity contribution >= 4 is 5.69 Å². The molecular formula is C15H14F3NO. The predicted molar refractivity (Wildman–Crippen MR) is 70.9 cm³/mol. The van der Waals surface area contributed by atoms with Gasteiger partial charge in [-0.25, -0.2) is 13.2 Å². The molecule has 0 aliphatic heterocycles. The van der Waals surface area contributed by atoms with Crippen LogP contribution in [0, 0.1) is 24.4 Å². The van der Waals surface area contributed by atoms with Gasteiger partial charge in [0, 0.05) is 11.8 Å². The molecule has 0 heterocycles. The highest BCUT2D eigenvalue weighted by Gasteiger charge is 2.13. The highest BCUT2D eigenvalue weighted by atomic mass is 19.1. The molecule has 0 aliphatic rings. The van der Waals surface area contributed by atoms with Gasteiger partial charge in [0.25, 0.3) is 0 Å². The quantitative estimate of drug-likeness (QED) is 0.898. The summed E-state index contributed by atoms with van der Waals surface area (Å²) in [5.41, 5.74) is 1.40. The lowest BCUT2D eigenvalue weighted by Gasteiger charge is -2.18. The molecule has 0 aliphatic carbocycles. The Morgan fingerprint density at radius 3 is 2.10 bits per heavy atom. The smallest absolute Gasteiger partial charge is 0.126 e. The molecule has 1 atom stereocenters. The average molecular weight is 281 g/mol. The van der Waals surface area contributed by atoms with Crippen molar-refractivity contribution in [2.45, 2.75) is 13.0 Å². The third kappa shape index (κ3) is 3.51. The number of halogens is 3. The summed E-state index contributed by atoms with van der Waals surface area (Å²) in [5, 5.41) is 12.2. The van der Waals surface area contributed by atoms with Crippen molar-refractivity contribution in [3.8, 4) is 0 Å². The van der Waals surface area contributed by atoms with E-state index in [4.69, 9.17) is 0 Å². The van der Waals surface area contributed by atoms with E-state index in [0.717, 1.165) is 18.2 Å². The first-order valence-corrected chi connectivity index (χ1v) is 6.08. The number of nitrogens with one attached hydrogen (secondary N) is 1. The van der Waals surface area contributed by atoms with Gasteiger partial charge in [-0.15, -0.1) is 0 Å². The number of rotatable bonds is 4. The molecule has 2 nitrogen and oxygen atoms in total. The summed E-state index contributed by atoms with van der Waals surface area (Å²) < 4.78 is 39.7. The lowest BCUT2D eigenvalue weighted by molar-refractivity contribution is 0.276. The van der Waals surface area contributed by atoms with Gasteiger partial charge in [-0.2, -0.15) is 0 Å². The molecule has 0 amide bonds. The van der Waals surface area contributed by atoms with Crippen molar-refractivity contribution in [2.75, 3.05) is 11.9 Å². The molecule has 2 rings (SSSR count). The van der Waals surface area contributed by atoms with Gasteiger partial charge >= 0.3 is 0 Å². The molecule has 0 saturated carbocycles. The van der Waals surface area contributed by atoms with Gasteiger partial charge in [-0.1, -0.05) is 0 Å². The van der Waals surface area contributed by atoms with E-state index in [2.05, 4.69) is 5.32 Å². The first-order chi connectivity index (χ1) is 9.47. The van der Waals surface area contributed by atoms with Gasteiger partial charge in [0.1, 0.15) is 17.5 Å². The topological polar surface area (TPSA) is 32.3 Å². The summed E-state index contributed by atoms with van der Waals surface area (Å²) in [6.07, 6.45) is 0. The molecule has 2 aromatic carbocycles. The normalized spacial score (nSPS) is 12.2. The maximum atomic E-state index is 13.3. The fourth-order valence-electron chi connectivity index (χ4n) is 2.03. The second-order valence-corrected chi connectivity index (χ2v) is 4.60. The van der Waals surface area contributed by atoms with Crippen molar-refractivity contribution in [3.05, 3.63) is 65.0 Å². The minimum atomic E-state index is -0.726.